The molecule has 1 aromatic heterocycles. The van der Waals surface area contributed by atoms with Gasteiger partial charge in [-0.3, -0.25) is 9.36 Å². The van der Waals surface area contributed by atoms with Crippen LogP contribution in [0.1, 0.15) is 40.8 Å². The lowest BCUT2D eigenvalue weighted by atomic mass is 9.92. The van der Waals surface area contributed by atoms with E-state index in [2.05, 4.69) is 6.07 Å². The maximum absolute atomic E-state index is 14.4. The molecule has 240 valence electrons. The molecule has 0 N–H and O–H groups in total. The fourth-order valence-corrected chi connectivity index (χ4v) is 6.75. The van der Waals surface area contributed by atoms with Crippen LogP contribution in [0, 0.1) is 11.3 Å². The molecular formula is C37H27Cl2N3O5S. The molecule has 8 nitrogen and oxygen atoms in total. The number of carbonyl (C=O) groups is 1. The number of nitriles is 1. The average Bonchev–Trinajstić information content (AvgIpc) is 3.41. The third-order valence-corrected chi connectivity index (χ3v) is 9.05. The van der Waals surface area contributed by atoms with Crippen molar-refractivity contribution < 1.29 is 19.0 Å². The lowest BCUT2D eigenvalue weighted by Crippen LogP contribution is -2.40. The molecule has 0 saturated carbocycles. The zero-order valence-electron chi connectivity index (χ0n) is 25.8. The van der Waals surface area contributed by atoms with Gasteiger partial charge < -0.3 is 14.2 Å². The quantitative estimate of drug-likeness (QED) is 0.159. The molecule has 0 amide bonds. The zero-order chi connectivity index (χ0) is 33.8. The van der Waals surface area contributed by atoms with Gasteiger partial charge in [0.05, 0.1) is 41.2 Å². The summed E-state index contributed by atoms with van der Waals surface area (Å²) in [7, 11) is 1.51. The zero-order valence-corrected chi connectivity index (χ0v) is 28.1. The van der Waals surface area contributed by atoms with Crippen LogP contribution in [0.2, 0.25) is 10.0 Å². The van der Waals surface area contributed by atoms with Crippen molar-refractivity contribution in [2.24, 2.45) is 4.99 Å². The second-order valence-corrected chi connectivity index (χ2v) is 12.5. The van der Waals surface area contributed by atoms with Gasteiger partial charge in [0, 0.05) is 26.7 Å². The van der Waals surface area contributed by atoms with Gasteiger partial charge >= 0.3 is 5.97 Å². The monoisotopic (exact) mass is 695 g/mol. The Labute approximate surface area is 290 Å². The Bertz CT molecular complexity index is 2270. The van der Waals surface area contributed by atoms with E-state index >= 15 is 0 Å². The number of nitrogens with zero attached hydrogens (tertiary/aromatic N) is 3. The normalized spacial score (nSPS) is 14.1. The third-order valence-electron chi connectivity index (χ3n) is 7.60. The number of methoxy groups -OCH3 is 1. The van der Waals surface area contributed by atoms with E-state index in [1.807, 2.05) is 42.5 Å². The van der Waals surface area contributed by atoms with Crippen LogP contribution >= 0.6 is 34.5 Å². The van der Waals surface area contributed by atoms with Gasteiger partial charge in [0.1, 0.15) is 24.1 Å². The highest BCUT2D eigenvalue weighted by atomic mass is 35.5. The first-order chi connectivity index (χ1) is 23.3. The van der Waals surface area contributed by atoms with Gasteiger partial charge in [0.2, 0.25) is 0 Å². The second kappa shape index (κ2) is 14.3. The van der Waals surface area contributed by atoms with Crippen molar-refractivity contribution in [2.45, 2.75) is 19.6 Å². The molecule has 2 heterocycles. The number of rotatable bonds is 9. The fourth-order valence-electron chi connectivity index (χ4n) is 5.39. The summed E-state index contributed by atoms with van der Waals surface area (Å²) in [4.78, 5) is 33.5. The van der Waals surface area contributed by atoms with Crippen LogP contribution in [0.3, 0.4) is 0 Å². The van der Waals surface area contributed by atoms with Crippen LogP contribution in [0.5, 0.6) is 11.5 Å². The Hall–Kier alpha value is -5.14. The van der Waals surface area contributed by atoms with Crippen LogP contribution in [0.4, 0.5) is 0 Å². The van der Waals surface area contributed by atoms with Crippen molar-refractivity contribution in [1.82, 2.24) is 4.57 Å². The molecule has 4 aromatic carbocycles. The topological polar surface area (TPSA) is 103 Å². The van der Waals surface area contributed by atoms with Crippen LogP contribution in [0.25, 0.3) is 11.8 Å². The maximum atomic E-state index is 14.4. The standard InChI is InChI=1S/C37H27Cl2N3O5S/c1-3-46-36(44)32-33(24-7-5-4-6-8-24)41-37-42(34(32)28-19-27(39)14-16-30(28)45-2)35(43)31(48-37)18-25-17-26(38)13-15-29(25)47-21-23-11-9-22(20-40)10-12-23/h4-19,34H,3,21H2,1-2H3/b31-18-/t34-/m0/s1. The minimum absolute atomic E-state index is 0.119. The predicted octanol–water partition coefficient (Wildman–Crippen LogP) is 6.70. The molecule has 0 unspecified atom stereocenters. The Kier molecular flexibility index (Phi) is 9.78. The molecule has 0 radical (unpaired) electrons. The molecular weight excluding hydrogens is 669 g/mol. The summed E-state index contributed by atoms with van der Waals surface area (Å²) < 4.78 is 19.2. The van der Waals surface area contributed by atoms with Gasteiger partial charge in [0.25, 0.3) is 5.56 Å². The first kappa shape index (κ1) is 32.8. The number of hydrogen-bond donors (Lipinski definition) is 0. The molecule has 0 bridgehead atoms. The summed E-state index contributed by atoms with van der Waals surface area (Å²) in [5.74, 6) is 0.318. The van der Waals surface area contributed by atoms with Crippen LogP contribution in [-0.2, 0) is 16.1 Å². The minimum atomic E-state index is -0.974. The number of benzene rings is 4. The number of aromatic nitrogens is 1. The number of hydrogen-bond acceptors (Lipinski definition) is 8. The number of fused-ring (bicyclic) bond motifs is 1. The smallest absolute Gasteiger partial charge is 0.338 e. The van der Waals surface area contributed by atoms with Crippen molar-refractivity contribution in [3.05, 3.63) is 154 Å². The van der Waals surface area contributed by atoms with E-state index in [0.717, 1.165) is 5.56 Å². The van der Waals surface area contributed by atoms with Crippen molar-refractivity contribution in [3.63, 3.8) is 0 Å². The Morgan fingerprint density at radius 3 is 2.40 bits per heavy atom. The number of carbonyl (C=O) groups excluding carboxylic acids is 1. The molecule has 5 aromatic rings. The first-order valence-electron chi connectivity index (χ1n) is 14.8. The average molecular weight is 697 g/mol. The minimum Gasteiger partial charge on any atom is -0.496 e. The van der Waals surface area contributed by atoms with Gasteiger partial charge in [-0.1, -0.05) is 77.0 Å². The molecule has 6 rings (SSSR count). The molecule has 0 aliphatic carbocycles. The van der Waals surface area contributed by atoms with Crippen molar-refractivity contribution in [1.29, 1.82) is 5.26 Å². The van der Waals surface area contributed by atoms with E-state index in [1.165, 1.54) is 23.0 Å². The van der Waals surface area contributed by atoms with Gasteiger partial charge in [-0.15, -0.1) is 0 Å². The molecule has 0 saturated heterocycles. The van der Waals surface area contributed by atoms with E-state index in [1.54, 1.807) is 61.5 Å². The van der Waals surface area contributed by atoms with E-state index in [-0.39, 0.29) is 18.8 Å². The Morgan fingerprint density at radius 2 is 1.71 bits per heavy atom. The highest BCUT2D eigenvalue weighted by Gasteiger charge is 2.37. The Morgan fingerprint density at radius 1 is 1.00 bits per heavy atom. The summed E-state index contributed by atoms with van der Waals surface area (Å²) in [6.07, 6.45) is 1.70. The Balaban J connectivity index is 1.55. The van der Waals surface area contributed by atoms with Crippen molar-refractivity contribution in [2.75, 3.05) is 13.7 Å². The van der Waals surface area contributed by atoms with Gasteiger partial charge in [-0.2, -0.15) is 5.26 Å². The van der Waals surface area contributed by atoms with Crippen LogP contribution in [0.15, 0.2) is 106 Å². The van der Waals surface area contributed by atoms with Gasteiger partial charge in [-0.25, -0.2) is 9.79 Å². The van der Waals surface area contributed by atoms with Gasteiger partial charge in [0.15, 0.2) is 4.80 Å². The van der Waals surface area contributed by atoms with Crippen LogP contribution in [-0.4, -0.2) is 24.3 Å². The second-order valence-electron chi connectivity index (χ2n) is 10.6. The molecule has 1 aliphatic heterocycles. The fraction of sp³-hybridized carbons (Fsp3) is 0.135. The number of esters is 1. The molecule has 48 heavy (non-hydrogen) atoms. The summed E-state index contributed by atoms with van der Waals surface area (Å²) in [5, 5.41) is 9.97. The molecule has 0 spiro atoms. The maximum Gasteiger partial charge on any atom is 0.338 e. The lowest BCUT2D eigenvalue weighted by molar-refractivity contribution is -0.138. The molecule has 1 atom stereocenters. The molecule has 1 aliphatic rings. The number of ether oxygens (including phenoxy) is 3. The summed E-state index contributed by atoms with van der Waals surface area (Å²) in [6.45, 7) is 2.07. The van der Waals surface area contributed by atoms with E-state index in [4.69, 9.17) is 47.7 Å². The lowest BCUT2D eigenvalue weighted by Gasteiger charge is -2.27. The van der Waals surface area contributed by atoms with Crippen molar-refractivity contribution >= 4 is 52.3 Å². The summed E-state index contributed by atoms with van der Waals surface area (Å²) in [5.41, 5.74) is 3.33. The van der Waals surface area contributed by atoms with E-state index < -0.39 is 17.6 Å². The van der Waals surface area contributed by atoms with E-state index in [9.17, 15) is 9.59 Å². The predicted molar refractivity (Wildman–Crippen MR) is 186 cm³/mol. The van der Waals surface area contributed by atoms with Crippen LogP contribution < -0.4 is 24.4 Å². The number of halogens is 2. The van der Waals surface area contributed by atoms with Gasteiger partial charge in [-0.05, 0) is 67.1 Å². The SMILES string of the molecule is CCOC(=O)C1=C(c2ccccc2)N=c2s/c(=C\c3cc(Cl)ccc3OCc3ccc(C#N)cc3)c(=O)n2[C@H]1c1cc(Cl)ccc1OC. The third kappa shape index (κ3) is 6.64. The first-order valence-corrected chi connectivity index (χ1v) is 16.4. The highest BCUT2D eigenvalue weighted by Crippen LogP contribution is 2.40. The molecule has 11 heteroatoms. The van der Waals surface area contributed by atoms with E-state index in [0.29, 0.717) is 58.8 Å². The molecule has 0 fully saturated rings. The summed E-state index contributed by atoms with van der Waals surface area (Å²) in [6, 6.07) is 27.7. The summed E-state index contributed by atoms with van der Waals surface area (Å²) >= 11 is 14.1. The highest BCUT2D eigenvalue weighted by molar-refractivity contribution is 7.07. The largest absolute Gasteiger partial charge is 0.496 e. The number of thiazole rings is 1. The van der Waals surface area contributed by atoms with Crippen molar-refractivity contribution in [3.8, 4) is 17.6 Å².